The molecule has 0 saturated heterocycles. The van der Waals surface area contributed by atoms with Crippen molar-refractivity contribution in [2.24, 2.45) is 5.92 Å². The van der Waals surface area contributed by atoms with Crippen LogP contribution in [0.3, 0.4) is 0 Å². The van der Waals surface area contributed by atoms with Crippen LogP contribution in [0.25, 0.3) is 0 Å². The Labute approximate surface area is 61.4 Å². The van der Waals surface area contributed by atoms with Gasteiger partial charge in [0.2, 0.25) is 0 Å². The highest BCUT2D eigenvalue weighted by atomic mass is 16.1. The van der Waals surface area contributed by atoms with Crippen LogP contribution in [0.1, 0.15) is 19.8 Å². The molecule has 0 aromatic carbocycles. The van der Waals surface area contributed by atoms with Gasteiger partial charge in [0.05, 0.1) is 0 Å². The molecule has 0 N–H and O–H groups in total. The summed E-state index contributed by atoms with van der Waals surface area (Å²) in [6.07, 6.45) is 9.12. The third kappa shape index (κ3) is 1.56. The molecule has 0 aromatic heterocycles. The topological polar surface area (TPSA) is 17.1 Å². The molecule has 1 nitrogen and oxygen atoms in total. The van der Waals surface area contributed by atoms with Gasteiger partial charge in [0.15, 0.2) is 0 Å². The minimum absolute atomic E-state index is 0.656. The summed E-state index contributed by atoms with van der Waals surface area (Å²) in [6, 6.07) is 0. The molecule has 0 amide bonds. The maximum Gasteiger partial charge on any atom is 0.149 e. The molecule has 0 fully saturated rings. The molecule has 1 rings (SSSR count). The SMILES string of the molecule is CCC1C=CC(C=O)=CC1. The molecule has 0 saturated carbocycles. The molecule has 1 atom stereocenters. The van der Waals surface area contributed by atoms with Crippen LogP contribution >= 0.6 is 0 Å². The molecule has 10 heavy (non-hydrogen) atoms. The average Bonchev–Trinajstić information content (AvgIpc) is 2.05. The third-order valence-corrected chi connectivity index (χ3v) is 1.88. The van der Waals surface area contributed by atoms with Crippen LogP contribution in [0.5, 0.6) is 0 Å². The summed E-state index contributed by atoms with van der Waals surface area (Å²) in [7, 11) is 0. The van der Waals surface area contributed by atoms with E-state index >= 15 is 0 Å². The monoisotopic (exact) mass is 136 g/mol. The highest BCUT2D eigenvalue weighted by Crippen LogP contribution is 2.17. The van der Waals surface area contributed by atoms with Gasteiger partial charge in [-0.1, -0.05) is 25.2 Å². The summed E-state index contributed by atoms with van der Waals surface area (Å²) in [4.78, 5) is 10.2. The molecule has 0 aromatic rings. The van der Waals surface area contributed by atoms with E-state index in [2.05, 4.69) is 13.0 Å². The van der Waals surface area contributed by atoms with Gasteiger partial charge in [-0.3, -0.25) is 4.79 Å². The Bertz CT molecular complexity index is 177. The van der Waals surface area contributed by atoms with E-state index in [-0.39, 0.29) is 0 Å². The fourth-order valence-electron chi connectivity index (χ4n) is 1.07. The maximum absolute atomic E-state index is 10.2. The van der Waals surface area contributed by atoms with E-state index < -0.39 is 0 Å². The lowest BCUT2D eigenvalue weighted by Crippen LogP contribution is -1.97. The van der Waals surface area contributed by atoms with Gasteiger partial charge >= 0.3 is 0 Å². The molecule has 0 bridgehead atoms. The summed E-state index contributed by atoms with van der Waals surface area (Å²) in [5, 5.41) is 0. The van der Waals surface area contributed by atoms with Gasteiger partial charge < -0.3 is 0 Å². The van der Waals surface area contributed by atoms with Crippen molar-refractivity contribution < 1.29 is 4.79 Å². The summed E-state index contributed by atoms with van der Waals surface area (Å²) >= 11 is 0. The first kappa shape index (κ1) is 7.26. The van der Waals surface area contributed by atoms with Gasteiger partial charge in [-0.2, -0.15) is 0 Å². The van der Waals surface area contributed by atoms with Gasteiger partial charge in [-0.25, -0.2) is 0 Å². The van der Waals surface area contributed by atoms with E-state index in [0.717, 1.165) is 18.3 Å². The minimum atomic E-state index is 0.656. The second-order valence-corrected chi connectivity index (χ2v) is 2.59. The van der Waals surface area contributed by atoms with Gasteiger partial charge in [0.25, 0.3) is 0 Å². The number of carbonyl (C=O) groups excluding carboxylic acids is 1. The molecule has 54 valence electrons. The second kappa shape index (κ2) is 3.35. The molecule has 1 heteroatoms. The Morgan fingerprint density at radius 2 is 2.60 bits per heavy atom. The van der Waals surface area contributed by atoms with Crippen LogP contribution in [0.2, 0.25) is 0 Å². The molecule has 1 unspecified atom stereocenters. The number of allylic oxidation sites excluding steroid dienone is 4. The molecule has 0 heterocycles. The van der Waals surface area contributed by atoms with E-state index in [0.29, 0.717) is 5.92 Å². The highest BCUT2D eigenvalue weighted by Gasteiger charge is 2.04. The number of rotatable bonds is 2. The van der Waals surface area contributed by atoms with Crippen molar-refractivity contribution in [3.63, 3.8) is 0 Å². The summed E-state index contributed by atoms with van der Waals surface area (Å²) in [5.74, 6) is 0.656. The molecule has 0 spiro atoms. The predicted molar refractivity (Wildman–Crippen MR) is 41.7 cm³/mol. The number of hydrogen-bond donors (Lipinski definition) is 0. The van der Waals surface area contributed by atoms with Crippen molar-refractivity contribution in [3.05, 3.63) is 23.8 Å². The lowest BCUT2D eigenvalue weighted by molar-refractivity contribution is -0.104. The molecule has 0 radical (unpaired) electrons. The molecule has 0 aliphatic heterocycles. The zero-order valence-electron chi connectivity index (χ0n) is 6.21. The van der Waals surface area contributed by atoms with Crippen molar-refractivity contribution in [2.75, 3.05) is 0 Å². The summed E-state index contributed by atoms with van der Waals surface area (Å²) in [6.45, 7) is 2.16. The fraction of sp³-hybridized carbons (Fsp3) is 0.444. The van der Waals surface area contributed by atoms with Crippen LogP contribution < -0.4 is 0 Å². The smallest absolute Gasteiger partial charge is 0.149 e. The Balaban J connectivity index is 2.54. The lowest BCUT2D eigenvalue weighted by atomic mass is 9.95. The third-order valence-electron chi connectivity index (χ3n) is 1.88. The molecule has 1 aliphatic rings. The van der Waals surface area contributed by atoms with Crippen LogP contribution in [-0.2, 0) is 4.79 Å². The van der Waals surface area contributed by atoms with Crippen molar-refractivity contribution in [3.8, 4) is 0 Å². The molecule has 1 aliphatic carbocycles. The highest BCUT2D eigenvalue weighted by molar-refractivity contribution is 5.77. The molecular formula is C9H12O. The Kier molecular flexibility index (Phi) is 2.43. The Hall–Kier alpha value is -0.850. The van der Waals surface area contributed by atoms with Crippen LogP contribution in [-0.4, -0.2) is 6.29 Å². The van der Waals surface area contributed by atoms with Crippen LogP contribution in [0, 0.1) is 5.92 Å². The van der Waals surface area contributed by atoms with Gasteiger partial charge in [-0.05, 0) is 18.8 Å². The first-order chi connectivity index (χ1) is 4.86. The zero-order chi connectivity index (χ0) is 7.40. The van der Waals surface area contributed by atoms with Crippen molar-refractivity contribution >= 4 is 6.29 Å². The maximum atomic E-state index is 10.2. The second-order valence-electron chi connectivity index (χ2n) is 2.59. The minimum Gasteiger partial charge on any atom is -0.298 e. The van der Waals surface area contributed by atoms with Gasteiger partial charge in [-0.15, -0.1) is 0 Å². The van der Waals surface area contributed by atoms with E-state index in [1.807, 2.05) is 12.2 Å². The van der Waals surface area contributed by atoms with Crippen LogP contribution in [0.4, 0.5) is 0 Å². The average molecular weight is 136 g/mol. The molecular weight excluding hydrogens is 124 g/mol. The Morgan fingerprint density at radius 1 is 1.80 bits per heavy atom. The van der Waals surface area contributed by atoms with Gasteiger partial charge in [0.1, 0.15) is 6.29 Å². The van der Waals surface area contributed by atoms with Crippen molar-refractivity contribution in [1.29, 1.82) is 0 Å². The van der Waals surface area contributed by atoms with E-state index in [1.165, 1.54) is 6.42 Å². The normalized spacial score (nSPS) is 24.1. The predicted octanol–water partition coefficient (Wildman–Crippen LogP) is 2.10. The zero-order valence-corrected chi connectivity index (χ0v) is 6.21. The largest absolute Gasteiger partial charge is 0.298 e. The standard InChI is InChI=1S/C9H12O/c1-2-8-3-5-9(7-10)6-4-8/h3,5-8H,2,4H2,1H3. The van der Waals surface area contributed by atoms with Gasteiger partial charge in [0, 0.05) is 5.57 Å². The quantitative estimate of drug-likeness (QED) is 0.531. The summed E-state index contributed by atoms with van der Waals surface area (Å²) < 4.78 is 0. The van der Waals surface area contributed by atoms with Crippen molar-refractivity contribution in [1.82, 2.24) is 0 Å². The first-order valence-corrected chi connectivity index (χ1v) is 3.70. The fourth-order valence-corrected chi connectivity index (χ4v) is 1.07. The van der Waals surface area contributed by atoms with Crippen LogP contribution in [0.15, 0.2) is 23.8 Å². The number of carbonyl (C=O) groups is 1. The first-order valence-electron chi connectivity index (χ1n) is 3.70. The van der Waals surface area contributed by atoms with E-state index in [1.54, 1.807) is 0 Å². The summed E-state index contributed by atoms with van der Waals surface area (Å²) in [5.41, 5.74) is 0.824. The van der Waals surface area contributed by atoms with Crippen molar-refractivity contribution in [2.45, 2.75) is 19.8 Å². The lowest BCUT2D eigenvalue weighted by Gasteiger charge is -2.10. The Morgan fingerprint density at radius 3 is 3.00 bits per heavy atom. The number of hydrogen-bond acceptors (Lipinski definition) is 1. The number of aldehydes is 1. The van der Waals surface area contributed by atoms with E-state index in [9.17, 15) is 4.79 Å². The van der Waals surface area contributed by atoms with E-state index in [4.69, 9.17) is 0 Å².